The number of benzene rings is 2. The molecule has 0 radical (unpaired) electrons. The molecule has 2 aliphatic carbocycles. The van der Waals surface area contributed by atoms with Crippen LogP contribution >= 0.6 is 19.4 Å². The Morgan fingerprint density at radius 2 is 1.61 bits per heavy atom. The van der Waals surface area contributed by atoms with Crippen LogP contribution in [-0.4, -0.2) is 118 Å². The number of fused-ring (bicyclic) bond motifs is 4. The Labute approximate surface area is 452 Å². The highest BCUT2D eigenvalue weighted by atomic mass is 35.5. The number of hydrogen-bond donors (Lipinski definition) is 3. The van der Waals surface area contributed by atoms with Gasteiger partial charge in [0.25, 0.3) is 5.92 Å². The number of nitrogens with one attached hydrogen (secondary N) is 1. The van der Waals surface area contributed by atoms with Gasteiger partial charge < -0.3 is 24.7 Å². The number of phosphoric acid groups is 1. The summed E-state index contributed by atoms with van der Waals surface area (Å²) >= 11 is 6.66. The highest BCUT2D eigenvalue weighted by Crippen LogP contribution is 2.68. The number of ether oxygens (including phenoxy) is 1. The van der Waals surface area contributed by atoms with Crippen molar-refractivity contribution in [1.82, 2.24) is 34.8 Å². The average molecular weight is 1220 g/mol. The van der Waals surface area contributed by atoms with E-state index < -0.39 is 187 Å². The van der Waals surface area contributed by atoms with Crippen molar-refractivity contribution in [2.75, 3.05) is 37.2 Å². The lowest BCUT2D eigenvalue weighted by molar-refractivity contribution is -0.143. The van der Waals surface area contributed by atoms with E-state index in [1.165, 1.54) is 13.8 Å². The van der Waals surface area contributed by atoms with E-state index in [0.29, 0.717) is 12.3 Å². The molecule has 1 unspecified atom stereocenters. The number of carbonyl (C=O) groups is 3. The lowest BCUT2D eigenvalue weighted by Crippen LogP contribution is -2.37. The summed E-state index contributed by atoms with van der Waals surface area (Å²) in [4.78, 5) is 63.4. The van der Waals surface area contributed by atoms with Crippen LogP contribution in [0.4, 0.5) is 54.5 Å². The van der Waals surface area contributed by atoms with Crippen LogP contribution in [0.5, 0.6) is 0 Å². The summed E-state index contributed by atoms with van der Waals surface area (Å²) in [7, 11) is -12.8. The Bertz CT molecular complexity index is 3650. The van der Waals surface area contributed by atoms with Crippen molar-refractivity contribution < 1.29 is 98.7 Å². The van der Waals surface area contributed by atoms with E-state index >= 15 is 8.78 Å². The van der Waals surface area contributed by atoms with Crippen molar-refractivity contribution in [2.24, 2.45) is 5.92 Å². The van der Waals surface area contributed by atoms with Crippen LogP contribution < -0.4 is 9.62 Å². The fourth-order valence-electron chi connectivity index (χ4n) is 8.78. The van der Waals surface area contributed by atoms with Crippen molar-refractivity contribution in [3.63, 3.8) is 0 Å². The molecular formula is C46H44ClF10N8O12PS2. The summed E-state index contributed by atoms with van der Waals surface area (Å²) in [6.45, 7) is -2.56. The topological polar surface area (TPSA) is 263 Å². The smallest absolute Gasteiger partial charge is 0.422 e. The second kappa shape index (κ2) is 21.8. The van der Waals surface area contributed by atoms with E-state index in [-0.39, 0.29) is 43.3 Å². The molecule has 2 aliphatic rings. The number of phosphoric ester groups is 1. The standard InChI is InChI=1S/C46H44ClF10N8O12PS2/c1-43(2,79(4,72)73)13-12-26-8-9-27(37(58-26)32(17-23-15-24(48)18-25(49)16-23)59-33(66)20-63-40-35(39(60-63)46(55,56)57)29-19-30(29)45(40,53)54)28-10-11-31(47)36-38(28)64(21-44(50,51)52)61-41(36)65(80(5,74)75)34(67)7-6-14-62(3)42(68)76-22-77-78(69,70)71/h8-11,15-16,18,29-30,32H,6-7,14,17,19-22H2,1-5H3,(H,59,66)(H2,69,70,71)/t29-,30?,32-/m0/s1. The predicted molar refractivity (Wildman–Crippen MR) is 261 cm³/mol. The molecule has 0 bridgehead atoms. The summed E-state index contributed by atoms with van der Waals surface area (Å²) in [6.07, 6.45) is -12.6. The molecule has 34 heteroatoms. The van der Waals surface area contributed by atoms with E-state index in [1.54, 1.807) is 0 Å². The summed E-state index contributed by atoms with van der Waals surface area (Å²) < 4.78 is 218. The molecule has 3 atom stereocenters. The van der Waals surface area contributed by atoms with Gasteiger partial charge in [0.05, 0.1) is 33.9 Å². The molecule has 434 valence electrons. The molecule has 1 saturated carbocycles. The van der Waals surface area contributed by atoms with Gasteiger partial charge in [-0.3, -0.25) is 19.0 Å². The number of anilines is 1. The minimum Gasteiger partial charge on any atom is -0.422 e. The summed E-state index contributed by atoms with van der Waals surface area (Å²) in [5.41, 5.74) is -6.28. The highest BCUT2D eigenvalue weighted by molar-refractivity contribution is 7.93. The van der Waals surface area contributed by atoms with Crippen LogP contribution in [0.15, 0.2) is 42.5 Å². The zero-order chi connectivity index (χ0) is 59.6. The normalized spacial score (nSPS) is 16.6. The van der Waals surface area contributed by atoms with Crippen molar-refractivity contribution >= 4 is 73.9 Å². The molecule has 0 saturated heterocycles. The quantitative estimate of drug-likeness (QED) is 0.0332. The largest absolute Gasteiger partial charge is 0.472 e. The van der Waals surface area contributed by atoms with Crippen molar-refractivity contribution in [3.8, 4) is 23.0 Å². The van der Waals surface area contributed by atoms with Gasteiger partial charge in [-0.1, -0.05) is 23.6 Å². The molecule has 3 heterocycles. The van der Waals surface area contributed by atoms with Gasteiger partial charge >= 0.3 is 26.3 Å². The SMILES string of the molecule is CN(CCCC(=O)N(c1nn(CC(F)(F)F)c2c(-c3ccc(C#CC(C)(C)S(C)(=O)=O)nc3[C@H](Cc3cc(F)cc(F)c3)NC(=O)Cn3nc(C(F)(F)F)c4c3C(F)(F)C3C[C@H]43)ccc(Cl)c12)S(C)(=O)=O)C(=O)OCOP(=O)(O)O. The third-order valence-corrected chi connectivity index (χ3v) is 16.4. The number of sulfone groups is 1. The number of alkyl halides is 8. The van der Waals surface area contributed by atoms with Crippen LogP contribution in [0.3, 0.4) is 0 Å². The van der Waals surface area contributed by atoms with E-state index in [0.717, 1.165) is 54.6 Å². The Morgan fingerprint density at radius 3 is 2.20 bits per heavy atom. The monoisotopic (exact) mass is 1220 g/mol. The number of amides is 3. The fourth-order valence-corrected chi connectivity index (χ4v) is 10.3. The van der Waals surface area contributed by atoms with Crippen LogP contribution in [0.1, 0.15) is 79.0 Å². The average Bonchev–Trinajstić information content (AvgIpc) is 3.81. The molecular weight excluding hydrogens is 1180 g/mol. The number of carbonyl (C=O) groups excluding carboxylic acids is 3. The van der Waals surface area contributed by atoms with Crippen LogP contribution in [0, 0.1) is 29.4 Å². The first-order chi connectivity index (χ1) is 36.7. The number of sulfonamides is 1. The minimum atomic E-state index is -5.25. The van der Waals surface area contributed by atoms with Crippen molar-refractivity contribution in [3.05, 3.63) is 93.0 Å². The van der Waals surface area contributed by atoms with Crippen LogP contribution in [0.2, 0.25) is 5.02 Å². The molecule has 2 aromatic carbocycles. The fraction of sp³-hybridized carbons (Fsp3) is 0.435. The second-order valence-corrected chi connectivity index (χ2v) is 25.2. The molecule has 3 N–H and O–H groups in total. The molecule has 3 aromatic heterocycles. The van der Waals surface area contributed by atoms with E-state index in [9.17, 15) is 70.9 Å². The van der Waals surface area contributed by atoms with Gasteiger partial charge in [0, 0.05) is 54.9 Å². The zero-order valence-corrected chi connectivity index (χ0v) is 45.2. The summed E-state index contributed by atoms with van der Waals surface area (Å²) in [6, 6.07) is 4.47. The number of halogens is 11. The van der Waals surface area contributed by atoms with Gasteiger partial charge in [0.2, 0.25) is 28.6 Å². The Hall–Kier alpha value is -6.36. The third-order valence-electron chi connectivity index (χ3n) is 12.7. The van der Waals surface area contributed by atoms with E-state index in [1.807, 2.05) is 0 Å². The maximum atomic E-state index is 15.6. The molecule has 1 fully saturated rings. The molecule has 7 rings (SSSR count). The summed E-state index contributed by atoms with van der Waals surface area (Å²) in [5, 5.41) is 8.51. The predicted octanol–water partition coefficient (Wildman–Crippen LogP) is 7.50. The minimum absolute atomic E-state index is 0.0240. The van der Waals surface area contributed by atoms with E-state index in [2.05, 4.69) is 41.6 Å². The van der Waals surface area contributed by atoms with Gasteiger partial charge in [0.15, 0.2) is 21.3 Å². The first-order valence-corrected chi connectivity index (χ1v) is 28.7. The molecule has 20 nitrogen and oxygen atoms in total. The highest BCUT2D eigenvalue weighted by Gasteiger charge is 2.68. The van der Waals surface area contributed by atoms with E-state index in [4.69, 9.17) is 21.4 Å². The number of rotatable bonds is 18. The number of hydrogen-bond acceptors (Lipinski definition) is 13. The Morgan fingerprint density at radius 1 is 0.975 bits per heavy atom. The number of nitrogens with zero attached hydrogens (tertiary/aromatic N) is 7. The molecule has 80 heavy (non-hydrogen) atoms. The Balaban J connectivity index is 1.40. The van der Waals surface area contributed by atoms with Gasteiger partial charge in [-0.2, -0.15) is 49.6 Å². The Kier molecular flexibility index (Phi) is 16.7. The van der Waals surface area contributed by atoms with Crippen molar-refractivity contribution in [2.45, 2.75) is 87.6 Å². The zero-order valence-electron chi connectivity index (χ0n) is 42.0. The lowest BCUT2D eigenvalue weighted by Gasteiger charge is -2.23. The first-order valence-electron chi connectivity index (χ1n) is 23.1. The molecule has 0 aliphatic heterocycles. The second-order valence-electron chi connectivity index (χ2n) is 19.1. The van der Waals surface area contributed by atoms with Gasteiger partial charge in [-0.05, 0) is 80.8 Å². The van der Waals surface area contributed by atoms with Crippen LogP contribution in [0.25, 0.3) is 22.0 Å². The maximum absolute atomic E-state index is 15.6. The third kappa shape index (κ3) is 13.5. The number of pyridine rings is 1. The first kappa shape index (κ1) is 61.3. The molecule has 5 aromatic rings. The summed E-state index contributed by atoms with van der Waals surface area (Å²) in [5.74, 6) is -7.67. The molecule has 0 spiro atoms. The van der Waals surface area contributed by atoms with Gasteiger partial charge in [0.1, 0.15) is 40.9 Å². The van der Waals surface area contributed by atoms with Crippen molar-refractivity contribution in [1.29, 1.82) is 0 Å². The van der Waals surface area contributed by atoms with Gasteiger partial charge in [-0.15, -0.1) is 0 Å². The van der Waals surface area contributed by atoms with Crippen LogP contribution in [-0.2, 0) is 74.9 Å². The lowest BCUT2D eigenvalue weighted by atomic mass is 9.93. The molecule has 3 amide bonds. The maximum Gasteiger partial charge on any atom is 0.472 e. The van der Waals surface area contributed by atoms with Gasteiger partial charge in [-0.25, -0.2) is 44.5 Å². The number of aromatic nitrogens is 5.